The Bertz CT molecular complexity index is 882. The van der Waals surface area contributed by atoms with Crippen LogP contribution in [0.25, 0.3) is 0 Å². The van der Waals surface area contributed by atoms with Crippen LogP contribution in [0.3, 0.4) is 0 Å². The summed E-state index contributed by atoms with van der Waals surface area (Å²) in [5.74, 6) is 1.09. The van der Waals surface area contributed by atoms with Crippen molar-refractivity contribution in [1.82, 2.24) is 0 Å². The Morgan fingerprint density at radius 3 is 2.50 bits per heavy atom. The van der Waals surface area contributed by atoms with Crippen molar-refractivity contribution in [2.24, 2.45) is 11.7 Å². The average Bonchev–Trinajstić information content (AvgIpc) is 3.15. The molecule has 5 nitrogen and oxygen atoms in total. The maximum Gasteiger partial charge on any atom is 0.231 e. The Kier molecular flexibility index (Phi) is 3.71. The van der Waals surface area contributed by atoms with Crippen molar-refractivity contribution >= 4 is 21.4 Å². The number of nitrogens with two attached hydrogens (primary N) is 1. The summed E-state index contributed by atoms with van der Waals surface area (Å²) in [4.78, 5) is 0.276. The third-order valence-corrected chi connectivity index (χ3v) is 7.19. The van der Waals surface area contributed by atoms with Crippen molar-refractivity contribution in [1.29, 1.82) is 0 Å². The lowest BCUT2D eigenvalue weighted by Crippen LogP contribution is -2.13. The van der Waals surface area contributed by atoms with E-state index in [1.807, 2.05) is 18.2 Å². The van der Waals surface area contributed by atoms with Crippen LogP contribution in [0.2, 0.25) is 5.02 Å². The molecule has 1 heterocycles. The zero-order chi connectivity index (χ0) is 16.9. The molecule has 0 spiro atoms. The van der Waals surface area contributed by atoms with Crippen LogP contribution in [-0.4, -0.2) is 27.0 Å². The average molecular weight is 366 g/mol. The molecule has 1 aliphatic carbocycles. The Morgan fingerprint density at radius 2 is 1.79 bits per heavy atom. The van der Waals surface area contributed by atoms with Crippen LogP contribution in [0, 0.1) is 5.92 Å². The van der Waals surface area contributed by atoms with Gasteiger partial charge in [-0.15, -0.1) is 0 Å². The third kappa shape index (κ3) is 2.46. The van der Waals surface area contributed by atoms with Gasteiger partial charge in [-0.3, -0.25) is 0 Å². The van der Waals surface area contributed by atoms with E-state index in [1.165, 1.54) is 0 Å². The summed E-state index contributed by atoms with van der Waals surface area (Å²) >= 11 is 5.85. The predicted molar refractivity (Wildman–Crippen MR) is 90.3 cm³/mol. The molecule has 0 unspecified atom stereocenters. The molecular weight excluding hydrogens is 350 g/mol. The zero-order valence-electron chi connectivity index (χ0n) is 12.7. The molecule has 126 valence electrons. The summed E-state index contributed by atoms with van der Waals surface area (Å²) in [5.41, 5.74) is 6.74. The van der Waals surface area contributed by atoms with Gasteiger partial charge in [-0.05, 0) is 54.4 Å². The van der Waals surface area contributed by atoms with Crippen molar-refractivity contribution in [3.63, 3.8) is 0 Å². The highest BCUT2D eigenvalue weighted by Gasteiger charge is 2.58. The molecule has 2 N–H and O–H groups in total. The van der Waals surface area contributed by atoms with Gasteiger partial charge in [0.1, 0.15) is 0 Å². The van der Waals surface area contributed by atoms with Gasteiger partial charge in [0.15, 0.2) is 21.3 Å². The van der Waals surface area contributed by atoms with Gasteiger partial charge < -0.3 is 15.2 Å². The molecule has 24 heavy (non-hydrogen) atoms. The van der Waals surface area contributed by atoms with Crippen LogP contribution in [0.15, 0.2) is 47.4 Å². The van der Waals surface area contributed by atoms with E-state index in [9.17, 15) is 8.42 Å². The van der Waals surface area contributed by atoms with Crippen LogP contribution < -0.4 is 15.2 Å². The second-order valence-electron chi connectivity index (χ2n) is 6.00. The first kappa shape index (κ1) is 15.7. The van der Waals surface area contributed by atoms with Crippen LogP contribution in [0.5, 0.6) is 11.5 Å². The minimum absolute atomic E-state index is 0.106. The van der Waals surface area contributed by atoms with Crippen LogP contribution >= 0.6 is 11.6 Å². The number of hydrogen-bond acceptors (Lipinski definition) is 5. The van der Waals surface area contributed by atoms with Crippen LogP contribution in [0.4, 0.5) is 0 Å². The number of fused-ring (bicyclic) bond motifs is 1. The first-order chi connectivity index (χ1) is 11.5. The molecule has 0 saturated heterocycles. The van der Waals surface area contributed by atoms with E-state index in [4.69, 9.17) is 26.8 Å². The Balaban J connectivity index is 1.67. The lowest BCUT2D eigenvalue weighted by molar-refractivity contribution is 0.174. The first-order valence-corrected chi connectivity index (χ1v) is 9.54. The summed E-state index contributed by atoms with van der Waals surface area (Å²) in [7, 11) is -3.47. The summed E-state index contributed by atoms with van der Waals surface area (Å²) in [6.07, 6.45) is 0. The highest BCUT2D eigenvalue weighted by atomic mass is 35.5. The number of ether oxygens (including phenoxy) is 2. The highest BCUT2D eigenvalue weighted by Crippen LogP contribution is 2.54. The molecule has 2 aromatic carbocycles. The number of sulfone groups is 1. The largest absolute Gasteiger partial charge is 0.454 e. The van der Waals surface area contributed by atoms with Crippen molar-refractivity contribution in [2.45, 2.75) is 16.1 Å². The Morgan fingerprint density at radius 1 is 1.08 bits per heavy atom. The third-order valence-electron chi connectivity index (χ3n) is 4.65. The Labute approximate surface area is 145 Å². The van der Waals surface area contributed by atoms with E-state index in [-0.39, 0.29) is 23.5 Å². The fraction of sp³-hybridized carbons (Fsp3) is 0.294. The number of benzene rings is 2. The molecule has 0 radical (unpaired) electrons. The lowest BCUT2D eigenvalue weighted by Gasteiger charge is -2.05. The van der Waals surface area contributed by atoms with E-state index in [0.29, 0.717) is 23.1 Å². The topological polar surface area (TPSA) is 78.6 Å². The number of halogens is 1. The smallest absolute Gasteiger partial charge is 0.231 e. The quantitative estimate of drug-likeness (QED) is 0.900. The van der Waals surface area contributed by atoms with Gasteiger partial charge in [0.2, 0.25) is 6.79 Å². The molecule has 4 rings (SSSR count). The lowest BCUT2D eigenvalue weighted by atomic mass is 10.1. The van der Waals surface area contributed by atoms with Gasteiger partial charge in [-0.25, -0.2) is 8.42 Å². The van der Waals surface area contributed by atoms with Crippen molar-refractivity contribution in [3.05, 3.63) is 53.1 Å². The van der Waals surface area contributed by atoms with Crippen molar-refractivity contribution < 1.29 is 17.9 Å². The minimum atomic E-state index is -3.47. The Hall–Kier alpha value is -1.76. The molecule has 0 bridgehead atoms. The predicted octanol–water partition coefficient (Wildman–Crippen LogP) is 2.58. The maximum atomic E-state index is 12.9. The molecule has 2 aromatic rings. The van der Waals surface area contributed by atoms with Gasteiger partial charge in [0.25, 0.3) is 0 Å². The summed E-state index contributed by atoms with van der Waals surface area (Å²) in [6, 6.07) is 11.8. The summed E-state index contributed by atoms with van der Waals surface area (Å²) < 4.78 is 36.6. The van der Waals surface area contributed by atoms with E-state index in [1.54, 1.807) is 24.3 Å². The fourth-order valence-corrected chi connectivity index (χ4v) is 5.74. The maximum absolute atomic E-state index is 12.9. The molecular formula is C17H16ClNO4S. The minimum Gasteiger partial charge on any atom is -0.454 e. The van der Waals surface area contributed by atoms with E-state index < -0.39 is 15.1 Å². The molecule has 1 saturated carbocycles. The van der Waals surface area contributed by atoms with Gasteiger partial charge in [-0.1, -0.05) is 17.7 Å². The zero-order valence-corrected chi connectivity index (χ0v) is 14.3. The number of rotatable bonds is 4. The van der Waals surface area contributed by atoms with Crippen LogP contribution in [-0.2, 0) is 9.84 Å². The standard InChI is InChI=1S/C17H16ClNO4S/c18-11-2-4-12(5-3-11)24(20,21)17-13(8-19)16(17)10-1-6-14-15(7-10)23-9-22-14/h1-7,13,16-17H,8-9,19H2/t13-,16+,17+/m0/s1. The molecule has 1 aliphatic heterocycles. The molecule has 7 heteroatoms. The van der Waals surface area contributed by atoms with Gasteiger partial charge in [-0.2, -0.15) is 0 Å². The van der Waals surface area contributed by atoms with Gasteiger partial charge in [0.05, 0.1) is 10.1 Å². The second-order valence-corrected chi connectivity index (χ2v) is 8.54. The summed E-state index contributed by atoms with van der Waals surface area (Å²) in [6.45, 7) is 0.507. The van der Waals surface area contributed by atoms with Gasteiger partial charge in [0, 0.05) is 10.9 Å². The SMILES string of the molecule is NC[C@H]1[C@@H](c2ccc3c(c2)OCO3)[C@@H]1S(=O)(=O)c1ccc(Cl)cc1. The van der Waals surface area contributed by atoms with Crippen molar-refractivity contribution in [3.8, 4) is 11.5 Å². The normalized spacial score (nSPS) is 24.8. The van der Waals surface area contributed by atoms with E-state index in [2.05, 4.69) is 0 Å². The summed E-state index contributed by atoms with van der Waals surface area (Å²) in [5, 5.41) is -0.0171. The molecule has 1 fully saturated rings. The number of hydrogen-bond donors (Lipinski definition) is 1. The van der Waals surface area contributed by atoms with Crippen LogP contribution in [0.1, 0.15) is 11.5 Å². The fourth-order valence-electron chi connectivity index (χ4n) is 3.38. The van der Waals surface area contributed by atoms with Gasteiger partial charge >= 0.3 is 0 Å². The molecule has 2 aliphatic rings. The molecule has 0 aromatic heterocycles. The molecule has 3 atom stereocenters. The van der Waals surface area contributed by atoms with Crippen molar-refractivity contribution in [2.75, 3.05) is 13.3 Å². The highest BCUT2D eigenvalue weighted by molar-refractivity contribution is 7.92. The second kappa shape index (κ2) is 5.65. The monoisotopic (exact) mass is 365 g/mol. The van der Waals surface area contributed by atoms with E-state index in [0.717, 1.165) is 5.56 Å². The first-order valence-electron chi connectivity index (χ1n) is 7.61. The van der Waals surface area contributed by atoms with E-state index >= 15 is 0 Å². The molecule has 0 amide bonds.